The Balaban J connectivity index is 0. The first kappa shape index (κ1) is 35.0. The van der Waals surface area contributed by atoms with Crippen molar-refractivity contribution in [1.82, 2.24) is 5.32 Å². The van der Waals surface area contributed by atoms with Crippen molar-refractivity contribution in [1.29, 1.82) is 0 Å². The van der Waals surface area contributed by atoms with Crippen molar-refractivity contribution in [2.24, 2.45) is 0 Å². The largest absolute Gasteiger partial charge is 0.319 e. The van der Waals surface area contributed by atoms with Gasteiger partial charge in [0.15, 0.2) is 0 Å². The number of benzene rings is 3. The van der Waals surface area contributed by atoms with Crippen LogP contribution in [0.1, 0.15) is 70.1 Å². The van der Waals surface area contributed by atoms with E-state index in [2.05, 4.69) is 138 Å². The SMILES string of the molecule is C=C.C=C.CC.CCC.CNCCC1=CC(C)c2ccccc21.Cc1cccc(-c2ccccc2)c1. The second-order valence-electron chi connectivity index (χ2n) is 7.86. The van der Waals surface area contributed by atoms with Crippen molar-refractivity contribution in [2.75, 3.05) is 13.6 Å². The topological polar surface area (TPSA) is 12.0 Å². The zero-order chi connectivity index (χ0) is 27.8. The van der Waals surface area contributed by atoms with Crippen molar-refractivity contribution in [3.8, 4) is 11.1 Å². The molecule has 0 amide bonds. The van der Waals surface area contributed by atoms with Crippen molar-refractivity contribution >= 4 is 5.57 Å². The zero-order valence-electron chi connectivity index (χ0n) is 24.1. The van der Waals surface area contributed by atoms with Gasteiger partial charge in [0.05, 0.1) is 0 Å². The molecule has 0 saturated carbocycles. The molecule has 0 aromatic heterocycles. The molecule has 1 unspecified atom stereocenters. The second kappa shape index (κ2) is 23.6. The van der Waals surface area contributed by atoms with Gasteiger partial charge >= 0.3 is 0 Å². The first-order valence-electron chi connectivity index (χ1n) is 13.2. The highest BCUT2D eigenvalue weighted by Crippen LogP contribution is 2.36. The summed E-state index contributed by atoms with van der Waals surface area (Å²) in [5.74, 6) is 0.595. The fourth-order valence-corrected chi connectivity index (χ4v) is 3.60. The number of fused-ring (bicyclic) bond motifs is 1. The number of allylic oxidation sites excluding steroid dienone is 1. The van der Waals surface area contributed by atoms with E-state index in [0.717, 1.165) is 13.0 Å². The number of aryl methyl sites for hydroxylation is 1. The first-order valence-corrected chi connectivity index (χ1v) is 13.2. The van der Waals surface area contributed by atoms with E-state index in [1.807, 2.05) is 27.0 Å². The van der Waals surface area contributed by atoms with Gasteiger partial charge in [0.2, 0.25) is 0 Å². The molecule has 0 saturated heterocycles. The van der Waals surface area contributed by atoms with Crippen LogP contribution in [0.25, 0.3) is 16.7 Å². The minimum Gasteiger partial charge on any atom is -0.319 e. The molecular formula is C35H51N. The normalized spacial score (nSPS) is 12.0. The molecule has 0 spiro atoms. The van der Waals surface area contributed by atoms with Gasteiger partial charge in [-0.2, -0.15) is 0 Å². The van der Waals surface area contributed by atoms with Crippen LogP contribution in [0.4, 0.5) is 0 Å². The van der Waals surface area contributed by atoms with Crippen molar-refractivity contribution < 1.29 is 0 Å². The highest BCUT2D eigenvalue weighted by Gasteiger charge is 2.18. The molecule has 36 heavy (non-hydrogen) atoms. The molecule has 0 bridgehead atoms. The van der Waals surface area contributed by atoms with E-state index in [1.165, 1.54) is 39.8 Å². The van der Waals surface area contributed by atoms with Gasteiger partial charge in [0.1, 0.15) is 0 Å². The monoisotopic (exact) mass is 485 g/mol. The Morgan fingerprint density at radius 3 is 1.83 bits per heavy atom. The number of hydrogen-bond acceptors (Lipinski definition) is 1. The third-order valence-electron chi connectivity index (χ3n) is 5.02. The van der Waals surface area contributed by atoms with E-state index >= 15 is 0 Å². The van der Waals surface area contributed by atoms with Gasteiger partial charge in [0.25, 0.3) is 0 Å². The molecule has 196 valence electrons. The standard InChI is InChI=1S/C13H17N.C13H12.C3H8.C2H6.2C2H4/c1-10-9-11(7-8-14-2)13-6-4-3-5-12(10)13;1-11-6-5-9-13(10-11)12-7-3-2-4-8-12;1-3-2;3*1-2/h3-6,9-10,14H,7-8H2,1-2H3;2-10H,1H3;3H2,1-2H3;1-2H3;2*1-2H2. The van der Waals surface area contributed by atoms with Gasteiger partial charge in [-0.1, -0.05) is 132 Å². The van der Waals surface area contributed by atoms with Gasteiger partial charge in [-0.3, -0.25) is 0 Å². The first-order chi connectivity index (χ1) is 17.6. The Kier molecular flexibility index (Phi) is 22.9. The van der Waals surface area contributed by atoms with Crippen LogP contribution in [0.15, 0.2) is 111 Å². The predicted octanol–water partition coefficient (Wildman–Crippen LogP) is 10.5. The smallest absolute Gasteiger partial charge is 0.000164 e. The molecule has 1 nitrogen and oxygen atoms in total. The van der Waals surface area contributed by atoms with E-state index in [-0.39, 0.29) is 0 Å². The Labute approximate surface area is 223 Å². The molecular weight excluding hydrogens is 434 g/mol. The fourth-order valence-electron chi connectivity index (χ4n) is 3.60. The summed E-state index contributed by atoms with van der Waals surface area (Å²) in [6.07, 6.45) is 4.78. The van der Waals surface area contributed by atoms with Crippen LogP contribution >= 0.6 is 0 Å². The number of rotatable bonds is 4. The Morgan fingerprint density at radius 2 is 1.28 bits per heavy atom. The van der Waals surface area contributed by atoms with Gasteiger partial charge in [-0.05, 0) is 54.8 Å². The summed E-state index contributed by atoms with van der Waals surface area (Å²) in [6, 6.07) is 27.7. The molecule has 0 radical (unpaired) electrons. The van der Waals surface area contributed by atoms with Crippen LogP contribution in [0.5, 0.6) is 0 Å². The van der Waals surface area contributed by atoms with Crippen LogP contribution in [0, 0.1) is 6.92 Å². The van der Waals surface area contributed by atoms with E-state index in [4.69, 9.17) is 0 Å². The van der Waals surface area contributed by atoms with Crippen molar-refractivity contribution in [3.05, 3.63) is 128 Å². The molecule has 0 fully saturated rings. The lowest BCUT2D eigenvalue weighted by atomic mass is 10.0. The number of hydrogen-bond donors (Lipinski definition) is 1. The summed E-state index contributed by atoms with van der Waals surface area (Å²) in [6.45, 7) is 25.7. The van der Waals surface area contributed by atoms with Crippen LogP contribution in [0.2, 0.25) is 0 Å². The van der Waals surface area contributed by atoms with Gasteiger partial charge < -0.3 is 5.32 Å². The van der Waals surface area contributed by atoms with E-state index < -0.39 is 0 Å². The molecule has 1 aliphatic carbocycles. The maximum atomic E-state index is 3.20. The third kappa shape index (κ3) is 13.1. The number of nitrogens with one attached hydrogen (secondary N) is 1. The van der Waals surface area contributed by atoms with Crippen molar-refractivity contribution in [2.45, 2.75) is 60.3 Å². The van der Waals surface area contributed by atoms with Gasteiger partial charge in [0, 0.05) is 5.92 Å². The van der Waals surface area contributed by atoms with Crippen molar-refractivity contribution in [3.63, 3.8) is 0 Å². The van der Waals surface area contributed by atoms with Crippen LogP contribution in [-0.2, 0) is 0 Å². The van der Waals surface area contributed by atoms with E-state index in [0.29, 0.717) is 5.92 Å². The minimum absolute atomic E-state index is 0.595. The summed E-state index contributed by atoms with van der Waals surface area (Å²) in [7, 11) is 2.00. The van der Waals surface area contributed by atoms with Gasteiger partial charge in [-0.15, -0.1) is 26.3 Å². The molecule has 3 aromatic carbocycles. The van der Waals surface area contributed by atoms with E-state index in [9.17, 15) is 0 Å². The summed E-state index contributed by atoms with van der Waals surface area (Å²) in [4.78, 5) is 0. The summed E-state index contributed by atoms with van der Waals surface area (Å²) in [5.41, 5.74) is 8.32. The average Bonchev–Trinajstić information content (AvgIpc) is 3.27. The summed E-state index contributed by atoms with van der Waals surface area (Å²) in [5, 5.41) is 3.20. The lowest BCUT2D eigenvalue weighted by molar-refractivity contribution is 0.815. The molecule has 0 aliphatic heterocycles. The van der Waals surface area contributed by atoms with Crippen LogP contribution < -0.4 is 5.32 Å². The average molecular weight is 486 g/mol. The molecule has 1 N–H and O–H groups in total. The Bertz CT molecular complexity index is 938. The maximum Gasteiger partial charge on any atom is 0.000164 e. The van der Waals surface area contributed by atoms with Gasteiger partial charge in [-0.25, -0.2) is 0 Å². The second-order valence-corrected chi connectivity index (χ2v) is 7.86. The predicted molar refractivity (Wildman–Crippen MR) is 168 cm³/mol. The summed E-state index contributed by atoms with van der Waals surface area (Å²) >= 11 is 0. The van der Waals surface area contributed by atoms with E-state index in [1.54, 1.807) is 0 Å². The maximum absolute atomic E-state index is 3.20. The minimum atomic E-state index is 0.595. The molecule has 0 heterocycles. The third-order valence-corrected chi connectivity index (χ3v) is 5.02. The van der Waals surface area contributed by atoms with Crippen LogP contribution in [0.3, 0.4) is 0 Å². The highest BCUT2D eigenvalue weighted by atomic mass is 14.8. The fraction of sp³-hybridized carbons (Fsp3) is 0.314. The zero-order valence-corrected chi connectivity index (χ0v) is 24.1. The lowest BCUT2D eigenvalue weighted by Gasteiger charge is -2.05. The Hall–Kier alpha value is -3.16. The molecule has 4 rings (SSSR count). The molecule has 3 aromatic rings. The van der Waals surface area contributed by atoms with Crippen LogP contribution in [-0.4, -0.2) is 13.6 Å². The quantitative estimate of drug-likeness (QED) is 0.362. The lowest BCUT2D eigenvalue weighted by Crippen LogP contribution is -2.07. The molecule has 1 heteroatoms. The Morgan fingerprint density at radius 1 is 0.750 bits per heavy atom. The molecule has 1 atom stereocenters. The molecule has 1 aliphatic rings. The highest BCUT2D eigenvalue weighted by molar-refractivity contribution is 5.74. The summed E-state index contributed by atoms with van der Waals surface area (Å²) < 4.78 is 0.